The summed E-state index contributed by atoms with van der Waals surface area (Å²) in [5, 5.41) is 0.247. The zero-order chi connectivity index (χ0) is 18.6. The second kappa shape index (κ2) is 6.06. The number of halogens is 1. The first-order valence-electron chi connectivity index (χ1n) is 8.68. The number of nitrogens with zero attached hydrogens (tertiary/aromatic N) is 2. The number of esters is 1. The summed E-state index contributed by atoms with van der Waals surface area (Å²) < 4.78 is 44.4. The number of hydrogen-bond acceptors (Lipinski definition) is 5. The minimum absolute atomic E-state index is 0.0798. The first kappa shape index (κ1) is 17.5. The van der Waals surface area contributed by atoms with Crippen molar-refractivity contribution in [3.8, 4) is 0 Å². The van der Waals surface area contributed by atoms with Gasteiger partial charge in [0.1, 0.15) is 11.9 Å². The van der Waals surface area contributed by atoms with Gasteiger partial charge in [-0.3, -0.25) is 0 Å². The van der Waals surface area contributed by atoms with Crippen LogP contribution in [-0.2, 0) is 14.8 Å². The number of piperidine rings is 1. The monoisotopic (exact) mass is 380 g/mol. The number of fused-ring (bicyclic) bond motifs is 3. The van der Waals surface area contributed by atoms with Gasteiger partial charge in [0.25, 0.3) is 0 Å². The van der Waals surface area contributed by atoms with Crippen LogP contribution in [0.1, 0.15) is 36.0 Å². The molecule has 0 N–H and O–H groups in total. The van der Waals surface area contributed by atoms with E-state index < -0.39 is 21.8 Å². The van der Waals surface area contributed by atoms with E-state index in [0.717, 1.165) is 35.9 Å². The second-order valence-electron chi connectivity index (χ2n) is 7.31. The van der Waals surface area contributed by atoms with E-state index in [1.54, 1.807) is 0 Å². The number of benzene rings is 1. The summed E-state index contributed by atoms with van der Waals surface area (Å²) in [6.07, 6.45) is 5.84. The maximum Gasteiger partial charge on any atom is 0.340 e. The Morgan fingerprint density at radius 2 is 1.88 bits per heavy atom. The summed E-state index contributed by atoms with van der Waals surface area (Å²) in [5.41, 5.74) is 0.348. The first-order chi connectivity index (χ1) is 12.2. The molecule has 26 heavy (non-hydrogen) atoms. The van der Waals surface area contributed by atoms with Crippen LogP contribution in [-0.4, -0.2) is 54.8 Å². The molecule has 2 aliphatic rings. The summed E-state index contributed by atoms with van der Waals surface area (Å²) in [5.74, 6) is -1.13. The van der Waals surface area contributed by atoms with Crippen LogP contribution in [0, 0.1) is 5.82 Å². The molecule has 2 aromatic rings. The van der Waals surface area contributed by atoms with Gasteiger partial charge in [0.15, 0.2) is 0 Å². The largest absolute Gasteiger partial charge is 0.459 e. The molecule has 3 heterocycles. The van der Waals surface area contributed by atoms with Gasteiger partial charge in [-0.2, -0.15) is 0 Å². The van der Waals surface area contributed by atoms with Crippen molar-refractivity contribution in [1.29, 1.82) is 0 Å². The van der Waals surface area contributed by atoms with E-state index in [2.05, 4.69) is 11.9 Å². The minimum Gasteiger partial charge on any atom is -0.459 e. The molecule has 0 saturated carbocycles. The maximum atomic E-state index is 13.7. The zero-order valence-electron chi connectivity index (χ0n) is 14.7. The van der Waals surface area contributed by atoms with E-state index in [0.29, 0.717) is 12.1 Å². The van der Waals surface area contributed by atoms with Crippen molar-refractivity contribution in [2.45, 2.75) is 43.9 Å². The highest BCUT2D eigenvalue weighted by Crippen LogP contribution is 2.36. The highest BCUT2D eigenvalue weighted by Gasteiger charge is 2.40. The van der Waals surface area contributed by atoms with Crippen LogP contribution in [0.15, 0.2) is 24.4 Å². The molecule has 3 atom stereocenters. The molecule has 0 radical (unpaired) electrons. The molecule has 0 spiro atoms. The Hall–Kier alpha value is -1.93. The van der Waals surface area contributed by atoms with Gasteiger partial charge in [-0.05, 0) is 38.1 Å². The second-order valence-corrected chi connectivity index (χ2v) is 9.17. The Labute approximate surface area is 151 Å². The summed E-state index contributed by atoms with van der Waals surface area (Å²) in [6.45, 7) is 0. The van der Waals surface area contributed by atoms with E-state index in [9.17, 15) is 17.6 Å². The fraction of sp³-hybridized carbons (Fsp3) is 0.500. The highest BCUT2D eigenvalue weighted by atomic mass is 32.2. The average Bonchev–Trinajstić information content (AvgIpc) is 3.01. The van der Waals surface area contributed by atoms with Crippen molar-refractivity contribution < 1.29 is 22.3 Å². The molecule has 4 rings (SSSR count). The maximum absolute atomic E-state index is 13.7. The lowest BCUT2D eigenvalue weighted by atomic mass is 10.0. The van der Waals surface area contributed by atoms with Gasteiger partial charge in [0, 0.05) is 36.5 Å². The standard InChI is InChI=1S/C18H21FN2O4S/c1-20-12-4-5-13(20)9-14(8-12)25-18(22)16-10-21(26(2,23)24)17-6-3-11(19)7-15(16)17/h3,6-7,10,12-14H,4-5,8-9H2,1-2H3/t12-,13+,14+. The van der Waals surface area contributed by atoms with Crippen LogP contribution < -0.4 is 0 Å². The van der Waals surface area contributed by atoms with Gasteiger partial charge in [0.05, 0.1) is 17.3 Å². The van der Waals surface area contributed by atoms with Crippen LogP contribution in [0.5, 0.6) is 0 Å². The Morgan fingerprint density at radius 3 is 2.50 bits per heavy atom. The molecular weight excluding hydrogens is 359 g/mol. The van der Waals surface area contributed by atoms with Crippen LogP contribution in [0.3, 0.4) is 0 Å². The molecule has 6 nitrogen and oxygen atoms in total. The van der Waals surface area contributed by atoms with Crippen molar-refractivity contribution in [2.24, 2.45) is 0 Å². The molecule has 0 amide bonds. The van der Waals surface area contributed by atoms with E-state index in [4.69, 9.17) is 4.74 Å². The van der Waals surface area contributed by atoms with Crippen molar-refractivity contribution in [3.05, 3.63) is 35.8 Å². The molecule has 0 unspecified atom stereocenters. The number of aromatic nitrogens is 1. The quantitative estimate of drug-likeness (QED) is 0.765. The molecule has 1 aromatic carbocycles. The van der Waals surface area contributed by atoms with Gasteiger partial charge in [0.2, 0.25) is 10.0 Å². The third-order valence-electron chi connectivity index (χ3n) is 5.64. The van der Waals surface area contributed by atoms with Gasteiger partial charge >= 0.3 is 5.97 Å². The topological polar surface area (TPSA) is 68.6 Å². The predicted molar refractivity (Wildman–Crippen MR) is 95.1 cm³/mol. The molecule has 2 saturated heterocycles. The van der Waals surface area contributed by atoms with E-state index in [-0.39, 0.29) is 22.6 Å². The molecule has 140 valence electrons. The number of carbonyl (C=O) groups excluding carboxylic acids is 1. The zero-order valence-corrected chi connectivity index (χ0v) is 15.5. The van der Waals surface area contributed by atoms with Crippen LogP contribution in [0.2, 0.25) is 0 Å². The molecule has 2 fully saturated rings. The summed E-state index contributed by atoms with van der Waals surface area (Å²) in [4.78, 5) is 15.1. The number of ether oxygens (including phenoxy) is 1. The Balaban J connectivity index is 1.66. The lowest BCUT2D eigenvalue weighted by Gasteiger charge is -2.35. The van der Waals surface area contributed by atoms with Crippen LogP contribution in [0.4, 0.5) is 4.39 Å². The summed E-state index contributed by atoms with van der Waals surface area (Å²) >= 11 is 0. The highest BCUT2D eigenvalue weighted by molar-refractivity contribution is 7.89. The third kappa shape index (κ3) is 2.91. The predicted octanol–water partition coefficient (Wildman–Crippen LogP) is 2.37. The van der Waals surface area contributed by atoms with Gasteiger partial charge in [-0.15, -0.1) is 0 Å². The van der Waals surface area contributed by atoms with Crippen molar-refractivity contribution in [3.63, 3.8) is 0 Å². The smallest absolute Gasteiger partial charge is 0.340 e. The molecule has 1 aromatic heterocycles. The molecule has 8 heteroatoms. The van der Waals surface area contributed by atoms with Crippen molar-refractivity contribution >= 4 is 26.9 Å². The van der Waals surface area contributed by atoms with E-state index in [1.807, 2.05) is 0 Å². The van der Waals surface area contributed by atoms with E-state index >= 15 is 0 Å². The molecule has 0 aliphatic carbocycles. The number of carbonyl (C=O) groups is 1. The fourth-order valence-corrected chi connectivity index (χ4v) is 5.10. The Bertz CT molecular complexity index is 970. The Kier molecular flexibility index (Phi) is 4.07. The molecular formula is C18H21FN2O4S. The molecule has 2 aliphatic heterocycles. The summed E-state index contributed by atoms with van der Waals surface area (Å²) in [7, 11) is -1.52. The van der Waals surface area contributed by atoms with Gasteiger partial charge in [-0.25, -0.2) is 21.6 Å². The summed E-state index contributed by atoms with van der Waals surface area (Å²) in [6, 6.07) is 4.54. The minimum atomic E-state index is -3.62. The van der Waals surface area contributed by atoms with Gasteiger partial charge in [-0.1, -0.05) is 0 Å². The molecule has 2 bridgehead atoms. The fourth-order valence-electron chi connectivity index (χ4n) is 4.28. The SMILES string of the molecule is CN1[C@@H]2CC[C@H]1C[C@@H](OC(=O)c1cn(S(C)(=O)=O)c3ccc(F)cc13)C2. The normalized spacial score (nSPS) is 26.3. The lowest BCUT2D eigenvalue weighted by Crippen LogP contribution is -2.43. The van der Waals surface area contributed by atoms with Crippen molar-refractivity contribution in [1.82, 2.24) is 8.87 Å². The van der Waals surface area contributed by atoms with Crippen LogP contribution >= 0.6 is 0 Å². The average molecular weight is 380 g/mol. The van der Waals surface area contributed by atoms with Crippen LogP contribution in [0.25, 0.3) is 10.9 Å². The van der Waals surface area contributed by atoms with Crippen molar-refractivity contribution in [2.75, 3.05) is 13.3 Å². The lowest BCUT2D eigenvalue weighted by molar-refractivity contribution is -0.000264. The number of rotatable bonds is 3. The first-order valence-corrected chi connectivity index (χ1v) is 10.5. The third-order valence-corrected chi connectivity index (χ3v) is 6.66. The van der Waals surface area contributed by atoms with E-state index in [1.165, 1.54) is 24.4 Å². The van der Waals surface area contributed by atoms with Gasteiger partial charge < -0.3 is 9.64 Å². The number of hydrogen-bond donors (Lipinski definition) is 0. The Morgan fingerprint density at radius 1 is 1.23 bits per heavy atom.